The first kappa shape index (κ1) is 23.3. The molecule has 3 aromatic rings. The lowest BCUT2D eigenvalue weighted by atomic mass is 10.0. The van der Waals surface area contributed by atoms with Crippen LogP contribution in [0.1, 0.15) is 21.5 Å². The van der Waals surface area contributed by atoms with Gasteiger partial charge in [0.2, 0.25) is 0 Å². The summed E-state index contributed by atoms with van der Waals surface area (Å²) in [7, 11) is -3.82. The number of nitrogens with one attached hydrogen (secondary N) is 2. The van der Waals surface area contributed by atoms with Crippen molar-refractivity contribution in [3.05, 3.63) is 82.4 Å². The Bertz CT molecular complexity index is 1290. The van der Waals surface area contributed by atoms with Gasteiger partial charge in [-0.2, -0.15) is 0 Å². The first-order chi connectivity index (χ1) is 15.1. The second-order valence-electron chi connectivity index (χ2n) is 7.21. The van der Waals surface area contributed by atoms with Gasteiger partial charge in [0.15, 0.2) is 0 Å². The molecule has 0 radical (unpaired) electrons. The summed E-state index contributed by atoms with van der Waals surface area (Å²) in [6.45, 7) is 2.97. The van der Waals surface area contributed by atoms with Crippen molar-refractivity contribution in [3.8, 4) is 11.1 Å². The van der Waals surface area contributed by atoms with E-state index in [-0.39, 0.29) is 4.90 Å². The summed E-state index contributed by atoms with van der Waals surface area (Å²) in [5.41, 5.74) is 3.42. The smallest absolute Gasteiger partial charge is 0.322 e. The van der Waals surface area contributed by atoms with Gasteiger partial charge in [0.25, 0.3) is 15.9 Å². The summed E-state index contributed by atoms with van der Waals surface area (Å²) in [5.74, 6) is -1.62. The Kier molecular flexibility index (Phi) is 6.86. The molecule has 1 amide bonds. The normalized spacial score (nSPS) is 11.1. The highest BCUT2D eigenvalue weighted by Gasteiger charge is 2.18. The van der Waals surface area contributed by atoms with Crippen LogP contribution < -0.4 is 10.0 Å². The molecule has 32 heavy (non-hydrogen) atoms. The number of rotatable bonds is 7. The van der Waals surface area contributed by atoms with Gasteiger partial charge >= 0.3 is 5.97 Å². The number of halogens is 1. The largest absolute Gasteiger partial charge is 0.480 e. The molecule has 0 heterocycles. The van der Waals surface area contributed by atoms with Crippen molar-refractivity contribution in [2.45, 2.75) is 18.7 Å². The Morgan fingerprint density at radius 3 is 2.28 bits per heavy atom. The highest BCUT2D eigenvalue weighted by Crippen LogP contribution is 2.28. The number of amides is 1. The molecule has 0 unspecified atom stereocenters. The maximum Gasteiger partial charge on any atom is 0.322 e. The van der Waals surface area contributed by atoms with Crippen molar-refractivity contribution < 1.29 is 23.1 Å². The van der Waals surface area contributed by atoms with Crippen LogP contribution in [0.3, 0.4) is 0 Å². The first-order valence-corrected chi connectivity index (χ1v) is 11.4. The molecule has 0 fully saturated rings. The van der Waals surface area contributed by atoms with Crippen LogP contribution >= 0.6 is 11.6 Å². The zero-order valence-electron chi connectivity index (χ0n) is 17.3. The Morgan fingerprint density at radius 2 is 1.62 bits per heavy atom. The Balaban J connectivity index is 1.82. The number of carbonyl (C=O) groups is 2. The third kappa shape index (κ3) is 5.46. The van der Waals surface area contributed by atoms with Gasteiger partial charge in [-0.1, -0.05) is 35.9 Å². The average molecular weight is 473 g/mol. The van der Waals surface area contributed by atoms with Gasteiger partial charge in [-0.15, -0.1) is 0 Å². The predicted molar refractivity (Wildman–Crippen MR) is 124 cm³/mol. The third-order valence-corrected chi connectivity index (χ3v) is 6.67. The van der Waals surface area contributed by atoms with Gasteiger partial charge in [-0.3, -0.25) is 14.3 Å². The molecule has 0 spiro atoms. The molecule has 0 aliphatic heterocycles. The van der Waals surface area contributed by atoms with Crippen LogP contribution in [0.4, 0.5) is 5.69 Å². The molecule has 3 aromatic carbocycles. The molecule has 166 valence electrons. The molecule has 3 N–H and O–H groups in total. The van der Waals surface area contributed by atoms with Crippen molar-refractivity contribution in [3.63, 3.8) is 0 Å². The Labute approximate surface area is 191 Å². The van der Waals surface area contributed by atoms with E-state index in [9.17, 15) is 18.0 Å². The SMILES string of the molecule is Cc1cc(S(=O)(=O)Nc2cccc(-c3ccc(C(=O)NCC(=O)O)cc3)c2)c(C)cc1Cl. The standard InChI is InChI=1S/C23H21ClN2O5S/c1-14-11-21(15(2)10-20(14)24)32(30,31)26-19-5-3-4-18(12-19)16-6-8-17(9-7-16)23(29)25-13-22(27)28/h3-12,26H,13H2,1-2H3,(H,25,29)(H,27,28). The van der Waals surface area contributed by atoms with Crippen molar-refractivity contribution >= 4 is 39.2 Å². The molecule has 7 nitrogen and oxygen atoms in total. The van der Waals surface area contributed by atoms with Gasteiger partial charge in [-0.25, -0.2) is 8.42 Å². The second-order valence-corrected chi connectivity index (χ2v) is 9.26. The number of aliphatic carboxylic acids is 1. The molecule has 0 aromatic heterocycles. The summed E-state index contributed by atoms with van der Waals surface area (Å²) in [6.07, 6.45) is 0. The lowest BCUT2D eigenvalue weighted by Gasteiger charge is -2.13. The van der Waals surface area contributed by atoms with E-state index in [1.165, 1.54) is 6.07 Å². The van der Waals surface area contributed by atoms with Crippen molar-refractivity contribution in [1.82, 2.24) is 5.32 Å². The molecule has 0 saturated heterocycles. The molecule has 0 bridgehead atoms. The van der Waals surface area contributed by atoms with E-state index in [1.54, 1.807) is 62.4 Å². The van der Waals surface area contributed by atoms with Crippen molar-refractivity contribution in [1.29, 1.82) is 0 Å². The Morgan fingerprint density at radius 1 is 0.938 bits per heavy atom. The zero-order chi connectivity index (χ0) is 23.5. The molecule has 9 heteroatoms. The van der Waals surface area contributed by atoms with Crippen LogP contribution in [-0.4, -0.2) is 31.9 Å². The minimum Gasteiger partial charge on any atom is -0.480 e. The van der Waals surface area contributed by atoms with Gasteiger partial charge in [0, 0.05) is 16.3 Å². The molecule has 0 atom stereocenters. The van der Waals surface area contributed by atoms with E-state index in [1.807, 2.05) is 6.07 Å². The second kappa shape index (κ2) is 9.42. The van der Waals surface area contributed by atoms with E-state index in [2.05, 4.69) is 10.0 Å². The van der Waals surface area contributed by atoms with E-state index < -0.39 is 28.4 Å². The third-order valence-electron chi connectivity index (χ3n) is 4.74. The van der Waals surface area contributed by atoms with Crippen LogP contribution in [-0.2, 0) is 14.8 Å². The molecule has 0 saturated carbocycles. The van der Waals surface area contributed by atoms with Crippen LogP contribution in [0.15, 0.2) is 65.6 Å². The number of anilines is 1. The fraction of sp³-hybridized carbons (Fsp3) is 0.130. The molecular weight excluding hydrogens is 452 g/mol. The molecular formula is C23H21ClN2O5S. The molecule has 0 aliphatic rings. The maximum atomic E-state index is 12.9. The number of aryl methyl sites for hydroxylation is 2. The van der Waals surface area contributed by atoms with E-state index in [0.29, 0.717) is 27.4 Å². The number of hydrogen-bond donors (Lipinski definition) is 3. The monoisotopic (exact) mass is 472 g/mol. The number of benzene rings is 3. The first-order valence-electron chi connectivity index (χ1n) is 9.57. The van der Waals surface area contributed by atoms with Gasteiger partial charge in [0.05, 0.1) is 4.90 Å². The average Bonchev–Trinajstić information content (AvgIpc) is 2.74. The van der Waals surface area contributed by atoms with Gasteiger partial charge in [0.1, 0.15) is 6.54 Å². The quantitative estimate of drug-likeness (QED) is 0.476. The number of carboxylic acids is 1. The summed E-state index contributed by atoms with van der Waals surface area (Å²) in [6, 6.07) is 16.6. The minimum absolute atomic E-state index is 0.154. The lowest BCUT2D eigenvalue weighted by Crippen LogP contribution is -2.29. The Hall–Kier alpha value is -3.36. The van der Waals surface area contributed by atoms with Gasteiger partial charge in [-0.05, 0) is 72.5 Å². The van der Waals surface area contributed by atoms with Crippen LogP contribution in [0.25, 0.3) is 11.1 Å². The number of hydrogen-bond acceptors (Lipinski definition) is 4. The predicted octanol–water partition coefficient (Wildman–Crippen LogP) is 4.24. The molecule has 0 aliphatic carbocycles. The van der Waals surface area contributed by atoms with Crippen LogP contribution in [0.2, 0.25) is 5.02 Å². The number of carbonyl (C=O) groups excluding carboxylic acids is 1. The number of sulfonamides is 1. The van der Waals surface area contributed by atoms with Crippen molar-refractivity contribution in [2.24, 2.45) is 0 Å². The number of carboxylic acid groups (broad SMARTS) is 1. The summed E-state index contributed by atoms with van der Waals surface area (Å²) >= 11 is 6.08. The van der Waals surface area contributed by atoms with Crippen molar-refractivity contribution in [2.75, 3.05) is 11.3 Å². The zero-order valence-corrected chi connectivity index (χ0v) is 18.9. The topological polar surface area (TPSA) is 113 Å². The fourth-order valence-electron chi connectivity index (χ4n) is 3.09. The van der Waals surface area contributed by atoms with Crippen LogP contribution in [0, 0.1) is 13.8 Å². The van der Waals surface area contributed by atoms with Gasteiger partial charge < -0.3 is 10.4 Å². The van der Waals surface area contributed by atoms with E-state index >= 15 is 0 Å². The highest BCUT2D eigenvalue weighted by atomic mass is 35.5. The summed E-state index contributed by atoms with van der Waals surface area (Å²) < 4.78 is 28.4. The minimum atomic E-state index is -3.82. The summed E-state index contributed by atoms with van der Waals surface area (Å²) in [5, 5.41) is 11.5. The van der Waals surface area contributed by atoms with E-state index in [4.69, 9.17) is 16.7 Å². The highest BCUT2D eigenvalue weighted by molar-refractivity contribution is 7.92. The lowest BCUT2D eigenvalue weighted by molar-refractivity contribution is -0.135. The fourth-order valence-corrected chi connectivity index (χ4v) is 4.67. The summed E-state index contributed by atoms with van der Waals surface area (Å²) in [4.78, 5) is 22.7. The van der Waals surface area contributed by atoms with E-state index in [0.717, 1.165) is 11.1 Å². The molecule has 3 rings (SSSR count). The van der Waals surface area contributed by atoms with Crippen LogP contribution in [0.5, 0.6) is 0 Å². The maximum absolute atomic E-state index is 12.9.